The van der Waals surface area contributed by atoms with Crippen LogP contribution in [0.2, 0.25) is 0 Å². The van der Waals surface area contributed by atoms with E-state index >= 15 is 0 Å². The number of carbonyl (C=O) groups is 2. The third-order valence-electron chi connectivity index (χ3n) is 4.49. The molecule has 0 radical (unpaired) electrons. The van der Waals surface area contributed by atoms with Gasteiger partial charge < -0.3 is 0 Å². The van der Waals surface area contributed by atoms with E-state index in [9.17, 15) is 9.59 Å². The van der Waals surface area contributed by atoms with Gasteiger partial charge >= 0.3 is 0 Å². The molecule has 0 aliphatic heterocycles. The van der Waals surface area contributed by atoms with E-state index in [1.54, 1.807) is 24.5 Å². The molecule has 2 heterocycles. The quantitative estimate of drug-likeness (QED) is 0.463. The van der Waals surface area contributed by atoms with E-state index in [2.05, 4.69) is 9.97 Å². The van der Waals surface area contributed by atoms with Gasteiger partial charge in [0.2, 0.25) is 11.6 Å². The Morgan fingerprint density at radius 3 is 1.50 bits per heavy atom. The van der Waals surface area contributed by atoms with Gasteiger partial charge in [0.1, 0.15) is 0 Å². The monoisotopic (exact) mass is 310 g/mol. The summed E-state index contributed by atoms with van der Waals surface area (Å²) < 4.78 is 0. The highest BCUT2D eigenvalue weighted by atomic mass is 16.2. The first-order chi connectivity index (χ1) is 11.8. The number of benzene rings is 2. The number of carbonyl (C=O) groups excluding carboxylic acids is 2. The summed E-state index contributed by atoms with van der Waals surface area (Å²) >= 11 is 0. The van der Waals surface area contributed by atoms with Crippen LogP contribution in [0.5, 0.6) is 0 Å². The van der Waals surface area contributed by atoms with Crippen molar-refractivity contribution < 1.29 is 9.59 Å². The van der Waals surface area contributed by atoms with E-state index in [0.29, 0.717) is 22.3 Å². The minimum absolute atomic E-state index is 0.400. The summed E-state index contributed by atoms with van der Waals surface area (Å²) in [5, 5.41) is 1.86. The fraction of sp³-hybridized carbons (Fsp3) is 0. The van der Waals surface area contributed by atoms with Crippen molar-refractivity contribution in [2.75, 3.05) is 0 Å². The first-order valence-corrected chi connectivity index (χ1v) is 7.60. The maximum Gasteiger partial charge on any atom is 0.234 e. The van der Waals surface area contributed by atoms with Gasteiger partial charge in [-0.1, -0.05) is 24.3 Å². The maximum atomic E-state index is 12.6. The van der Waals surface area contributed by atoms with E-state index in [1.165, 1.54) is 0 Å². The molecule has 2 aromatic carbocycles. The molecule has 0 spiro atoms. The summed E-state index contributed by atoms with van der Waals surface area (Å²) in [5.74, 6) is -0.972. The van der Waals surface area contributed by atoms with Crippen molar-refractivity contribution in [2.24, 2.45) is 0 Å². The number of pyridine rings is 2. The number of nitrogens with zero attached hydrogens (tertiary/aromatic N) is 2. The van der Waals surface area contributed by atoms with Crippen LogP contribution in [0.25, 0.3) is 32.9 Å². The molecular formula is C20H10N2O2. The predicted molar refractivity (Wildman–Crippen MR) is 91.1 cm³/mol. The van der Waals surface area contributed by atoms with Crippen LogP contribution in [0, 0.1) is 0 Å². The van der Waals surface area contributed by atoms with Gasteiger partial charge in [0.05, 0.1) is 11.0 Å². The van der Waals surface area contributed by atoms with Crippen LogP contribution in [-0.2, 0) is 0 Å². The summed E-state index contributed by atoms with van der Waals surface area (Å²) in [6, 6.07) is 14.7. The normalized spacial score (nSPS) is 13.2. The predicted octanol–water partition coefficient (Wildman–Crippen LogP) is 3.83. The number of aromatic nitrogens is 2. The Hall–Kier alpha value is -3.40. The van der Waals surface area contributed by atoms with Gasteiger partial charge in [-0.25, -0.2) is 0 Å². The molecule has 24 heavy (non-hydrogen) atoms. The molecule has 5 rings (SSSR count). The van der Waals surface area contributed by atoms with Gasteiger partial charge in [0.15, 0.2) is 0 Å². The second-order valence-electron chi connectivity index (χ2n) is 5.78. The van der Waals surface area contributed by atoms with Crippen molar-refractivity contribution in [3.05, 3.63) is 72.1 Å². The van der Waals surface area contributed by atoms with Crippen LogP contribution >= 0.6 is 0 Å². The molecule has 2 aromatic heterocycles. The van der Waals surface area contributed by atoms with Crippen molar-refractivity contribution in [1.82, 2.24) is 9.97 Å². The van der Waals surface area contributed by atoms with Gasteiger partial charge in [-0.2, -0.15) is 0 Å². The zero-order valence-corrected chi connectivity index (χ0v) is 12.5. The molecular weight excluding hydrogens is 300 g/mol. The van der Waals surface area contributed by atoms with Gasteiger partial charge in [0.25, 0.3) is 0 Å². The number of fused-ring (bicyclic) bond motifs is 7. The van der Waals surface area contributed by atoms with E-state index in [1.807, 2.05) is 36.4 Å². The summed E-state index contributed by atoms with van der Waals surface area (Å²) in [6.07, 6.45) is 3.39. The van der Waals surface area contributed by atoms with Crippen molar-refractivity contribution in [3.8, 4) is 11.1 Å². The van der Waals surface area contributed by atoms with E-state index < -0.39 is 11.6 Å². The second kappa shape index (κ2) is 4.55. The average molecular weight is 310 g/mol. The molecule has 4 aromatic rings. The number of ketones is 2. The smallest absolute Gasteiger partial charge is 0.234 e. The molecule has 0 atom stereocenters. The molecule has 4 nitrogen and oxygen atoms in total. The van der Waals surface area contributed by atoms with E-state index in [-0.39, 0.29) is 0 Å². The fourth-order valence-corrected chi connectivity index (χ4v) is 3.42. The molecule has 1 aliphatic rings. The Labute approximate surface area is 136 Å². The number of rotatable bonds is 0. The topological polar surface area (TPSA) is 59.9 Å². The fourth-order valence-electron chi connectivity index (χ4n) is 3.42. The molecule has 0 amide bonds. The standard InChI is InChI=1S/C20H10N2O2/c23-19-13-7-5-11-3-1-9-21-17(11)15(13)16-14(20(19)24)8-6-12-4-2-10-22-18(12)16/h1-10H. The minimum atomic E-state index is -0.486. The van der Waals surface area contributed by atoms with Crippen LogP contribution in [0.3, 0.4) is 0 Å². The molecule has 0 N–H and O–H groups in total. The van der Waals surface area contributed by atoms with Crippen molar-refractivity contribution in [3.63, 3.8) is 0 Å². The van der Waals surface area contributed by atoms with Crippen LogP contribution in [0.15, 0.2) is 60.9 Å². The molecule has 1 aliphatic carbocycles. The molecule has 4 heteroatoms. The summed E-state index contributed by atoms with van der Waals surface area (Å²) in [6.45, 7) is 0. The van der Waals surface area contributed by atoms with Crippen LogP contribution in [-0.4, -0.2) is 21.5 Å². The first kappa shape index (κ1) is 13.1. The average Bonchev–Trinajstić information content (AvgIpc) is 2.64. The largest absolute Gasteiger partial charge is 0.285 e. The third-order valence-corrected chi connectivity index (χ3v) is 4.49. The van der Waals surface area contributed by atoms with Crippen LogP contribution in [0.4, 0.5) is 0 Å². The lowest BCUT2D eigenvalue weighted by Gasteiger charge is -2.20. The SMILES string of the molecule is O=C1C(=O)c2ccc3cccnc3c2-c2c1ccc1cccnc21. The Balaban J connectivity index is 2.06. The Kier molecular flexibility index (Phi) is 2.48. The van der Waals surface area contributed by atoms with Crippen LogP contribution < -0.4 is 0 Å². The zero-order valence-electron chi connectivity index (χ0n) is 12.5. The van der Waals surface area contributed by atoms with Crippen LogP contribution in [0.1, 0.15) is 20.7 Å². The van der Waals surface area contributed by atoms with E-state index in [0.717, 1.165) is 21.8 Å². The number of hydrogen-bond donors (Lipinski definition) is 0. The molecule has 0 bridgehead atoms. The Bertz CT molecular complexity index is 1100. The lowest BCUT2D eigenvalue weighted by Crippen LogP contribution is -2.21. The highest BCUT2D eigenvalue weighted by molar-refractivity contribution is 6.54. The van der Waals surface area contributed by atoms with Crippen molar-refractivity contribution >= 4 is 33.4 Å². The first-order valence-electron chi connectivity index (χ1n) is 7.60. The van der Waals surface area contributed by atoms with Gasteiger partial charge in [-0.05, 0) is 24.3 Å². The molecule has 0 saturated heterocycles. The lowest BCUT2D eigenvalue weighted by molar-refractivity contribution is 0.0815. The highest BCUT2D eigenvalue weighted by Crippen LogP contribution is 2.41. The Morgan fingerprint density at radius 2 is 1.04 bits per heavy atom. The van der Waals surface area contributed by atoms with E-state index in [4.69, 9.17) is 0 Å². The van der Waals surface area contributed by atoms with Gasteiger partial charge in [-0.15, -0.1) is 0 Å². The molecule has 0 saturated carbocycles. The van der Waals surface area contributed by atoms with Crippen molar-refractivity contribution in [1.29, 1.82) is 0 Å². The van der Waals surface area contributed by atoms with Gasteiger partial charge in [0, 0.05) is 45.4 Å². The molecule has 112 valence electrons. The minimum Gasteiger partial charge on any atom is -0.285 e. The zero-order chi connectivity index (χ0) is 16.3. The summed E-state index contributed by atoms with van der Waals surface area (Å²) in [7, 11) is 0. The van der Waals surface area contributed by atoms with Crippen molar-refractivity contribution in [2.45, 2.75) is 0 Å². The Morgan fingerprint density at radius 1 is 0.583 bits per heavy atom. The summed E-state index contributed by atoms with van der Waals surface area (Å²) in [4.78, 5) is 34.1. The second-order valence-corrected chi connectivity index (χ2v) is 5.78. The third kappa shape index (κ3) is 1.57. The van der Waals surface area contributed by atoms with Gasteiger partial charge in [-0.3, -0.25) is 19.6 Å². The summed E-state index contributed by atoms with van der Waals surface area (Å²) in [5.41, 5.74) is 3.65. The highest BCUT2D eigenvalue weighted by Gasteiger charge is 2.33. The number of hydrogen-bond acceptors (Lipinski definition) is 4. The number of Topliss-reactive ketones (excluding diaryl/α,β-unsaturated/α-hetero) is 2. The molecule has 0 fully saturated rings. The molecule has 0 unspecified atom stereocenters. The lowest BCUT2D eigenvalue weighted by atomic mass is 9.81. The maximum absolute atomic E-state index is 12.6.